The molecule has 1 fully saturated rings. The lowest BCUT2D eigenvalue weighted by Crippen LogP contribution is -2.29. The number of amides is 1. The van der Waals surface area contributed by atoms with Crippen LogP contribution >= 0.6 is 11.6 Å². The van der Waals surface area contributed by atoms with Crippen molar-refractivity contribution in [1.82, 2.24) is 0 Å². The fraction of sp³-hybridized carbons (Fsp3) is 0.154. The van der Waals surface area contributed by atoms with Gasteiger partial charge >= 0.3 is 0 Å². The van der Waals surface area contributed by atoms with Crippen molar-refractivity contribution < 1.29 is 23.8 Å². The second-order valence-electron chi connectivity index (χ2n) is 7.89. The van der Waals surface area contributed by atoms with Crippen molar-refractivity contribution in [3.8, 4) is 5.75 Å². The minimum absolute atomic E-state index is 0.0182. The Morgan fingerprint density at radius 1 is 0.970 bits per heavy atom. The van der Waals surface area contributed by atoms with Gasteiger partial charge < -0.3 is 9.84 Å². The van der Waals surface area contributed by atoms with Gasteiger partial charge in [-0.3, -0.25) is 14.5 Å². The smallest absolute Gasteiger partial charge is 0.300 e. The van der Waals surface area contributed by atoms with Crippen molar-refractivity contribution in [3.05, 3.63) is 100 Å². The normalized spacial score (nSPS) is 17.6. The van der Waals surface area contributed by atoms with Gasteiger partial charge in [0.05, 0.1) is 17.7 Å². The third-order valence-electron chi connectivity index (χ3n) is 5.23. The summed E-state index contributed by atoms with van der Waals surface area (Å²) in [4.78, 5) is 27.4. The molecule has 4 rings (SSSR count). The molecule has 7 heteroatoms. The van der Waals surface area contributed by atoms with Gasteiger partial charge in [0.2, 0.25) is 0 Å². The number of ketones is 1. The number of aliphatic hydroxyl groups is 1. The molecule has 0 bridgehead atoms. The Labute approximate surface area is 195 Å². The first kappa shape index (κ1) is 22.6. The summed E-state index contributed by atoms with van der Waals surface area (Å²) in [5.74, 6) is -1.82. The molecule has 0 spiro atoms. The molecule has 1 aliphatic rings. The number of hydrogen-bond acceptors (Lipinski definition) is 4. The van der Waals surface area contributed by atoms with E-state index in [1.54, 1.807) is 48.5 Å². The van der Waals surface area contributed by atoms with Crippen LogP contribution in [0.4, 0.5) is 10.1 Å². The molecule has 1 saturated heterocycles. The molecule has 0 aromatic heterocycles. The molecule has 1 heterocycles. The zero-order valence-electron chi connectivity index (χ0n) is 18.0. The quantitative estimate of drug-likeness (QED) is 0.290. The molecule has 1 N–H and O–H groups in total. The highest BCUT2D eigenvalue weighted by Crippen LogP contribution is 2.42. The van der Waals surface area contributed by atoms with E-state index < -0.39 is 23.5 Å². The van der Waals surface area contributed by atoms with Crippen molar-refractivity contribution in [2.45, 2.75) is 26.0 Å². The van der Waals surface area contributed by atoms with Crippen LogP contribution in [-0.2, 0) is 9.59 Å². The molecular formula is C26H21ClFNO4. The summed E-state index contributed by atoms with van der Waals surface area (Å²) >= 11 is 6.03. The van der Waals surface area contributed by atoms with Gasteiger partial charge in [-0.25, -0.2) is 4.39 Å². The Kier molecular flexibility index (Phi) is 6.20. The third-order valence-corrected chi connectivity index (χ3v) is 5.49. The minimum atomic E-state index is -0.917. The first-order valence-electron chi connectivity index (χ1n) is 10.4. The number of Topliss-reactive ketones (excluding diaryl/α,β-unsaturated/α-hetero) is 1. The maximum absolute atomic E-state index is 13.5. The van der Waals surface area contributed by atoms with E-state index in [2.05, 4.69) is 0 Å². The number of ether oxygens (including phenoxy) is 1. The summed E-state index contributed by atoms with van der Waals surface area (Å²) in [6.07, 6.45) is -0.0182. The lowest BCUT2D eigenvalue weighted by atomic mass is 9.95. The Bertz CT molecular complexity index is 1220. The summed E-state index contributed by atoms with van der Waals surface area (Å²) in [5, 5.41) is 11.6. The Hall–Kier alpha value is -3.64. The lowest BCUT2D eigenvalue weighted by Gasteiger charge is -2.25. The van der Waals surface area contributed by atoms with E-state index in [9.17, 15) is 19.1 Å². The summed E-state index contributed by atoms with van der Waals surface area (Å²) in [6, 6.07) is 17.6. The maximum Gasteiger partial charge on any atom is 0.300 e. The first-order chi connectivity index (χ1) is 15.8. The van der Waals surface area contributed by atoms with E-state index in [-0.39, 0.29) is 17.4 Å². The number of benzene rings is 3. The fourth-order valence-corrected chi connectivity index (χ4v) is 3.91. The molecule has 0 aliphatic carbocycles. The van der Waals surface area contributed by atoms with E-state index in [1.807, 2.05) is 13.8 Å². The highest BCUT2D eigenvalue weighted by Gasteiger charge is 2.46. The van der Waals surface area contributed by atoms with Gasteiger partial charge in [0.1, 0.15) is 17.3 Å². The molecule has 0 radical (unpaired) electrons. The average Bonchev–Trinajstić information content (AvgIpc) is 3.05. The molecule has 33 heavy (non-hydrogen) atoms. The standard InChI is InChI=1S/C26H21ClFNO4/c1-15(2)33-21-13-5-17(6-14-21)24(30)22-23(16-3-7-18(27)8-4-16)29(26(32)25(22)31)20-11-9-19(28)10-12-20/h3-15,23,30H,1-2H3/b24-22+. The number of aliphatic hydroxyl groups excluding tert-OH is 1. The van der Waals surface area contributed by atoms with Gasteiger partial charge in [-0.05, 0) is 80.1 Å². The topological polar surface area (TPSA) is 66.8 Å². The largest absolute Gasteiger partial charge is 0.507 e. The van der Waals surface area contributed by atoms with Gasteiger partial charge in [0.15, 0.2) is 0 Å². The molecular weight excluding hydrogens is 445 g/mol. The Morgan fingerprint density at radius 2 is 1.58 bits per heavy atom. The van der Waals surface area contributed by atoms with Crippen LogP contribution in [0.2, 0.25) is 5.02 Å². The van der Waals surface area contributed by atoms with Gasteiger partial charge in [-0.15, -0.1) is 0 Å². The number of anilines is 1. The molecule has 5 nitrogen and oxygen atoms in total. The lowest BCUT2D eigenvalue weighted by molar-refractivity contribution is -0.132. The minimum Gasteiger partial charge on any atom is -0.507 e. The summed E-state index contributed by atoms with van der Waals surface area (Å²) in [7, 11) is 0. The van der Waals surface area contributed by atoms with Gasteiger partial charge in [0, 0.05) is 16.3 Å². The molecule has 1 unspecified atom stereocenters. The fourth-order valence-electron chi connectivity index (χ4n) is 3.78. The van der Waals surface area contributed by atoms with Crippen molar-refractivity contribution in [1.29, 1.82) is 0 Å². The molecule has 3 aromatic rings. The van der Waals surface area contributed by atoms with E-state index in [4.69, 9.17) is 16.3 Å². The van der Waals surface area contributed by atoms with E-state index in [0.717, 1.165) is 0 Å². The summed E-state index contributed by atoms with van der Waals surface area (Å²) in [6.45, 7) is 3.80. The van der Waals surface area contributed by atoms with Crippen LogP contribution in [0.15, 0.2) is 78.4 Å². The predicted molar refractivity (Wildman–Crippen MR) is 125 cm³/mol. The summed E-state index contributed by atoms with van der Waals surface area (Å²) < 4.78 is 19.1. The van der Waals surface area contributed by atoms with Crippen molar-refractivity contribution >= 4 is 34.7 Å². The molecule has 168 valence electrons. The summed E-state index contributed by atoms with van der Waals surface area (Å²) in [5.41, 5.74) is 1.20. The first-order valence-corrected chi connectivity index (χ1v) is 10.7. The van der Waals surface area contributed by atoms with Gasteiger partial charge in [-0.1, -0.05) is 23.7 Å². The number of carbonyl (C=O) groups is 2. The highest BCUT2D eigenvalue weighted by molar-refractivity contribution is 6.51. The SMILES string of the molecule is CC(C)Oc1ccc(/C(O)=C2\C(=O)C(=O)N(c3ccc(F)cc3)C2c2ccc(Cl)cc2)cc1. The number of nitrogens with zero attached hydrogens (tertiary/aromatic N) is 1. The predicted octanol–water partition coefficient (Wildman–Crippen LogP) is 5.89. The average molecular weight is 466 g/mol. The third kappa shape index (κ3) is 4.47. The zero-order valence-corrected chi connectivity index (χ0v) is 18.7. The maximum atomic E-state index is 13.5. The molecule has 1 amide bonds. The number of rotatable bonds is 5. The zero-order chi connectivity index (χ0) is 23.7. The van der Waals surface area contributed by atoms with Crippen LogP contribution in [0.5, 0.6) is 5.75 Å². The van der Waals surface area contributed by atoms with Gasteiger partial charge in [-0.2, -0.15) is 0 Å². The second-order valence-corrected chi connectivity index (χ2v) is 8.32. The monoisotopic (exact) mass is 465 g/mol. The Balaban J connectivity index is 1.85. The van der Waals surface area contributed by atoms with E-state index in [0.29, 0.717) is 27.6 Å². The van der Waals surface area contributed by atoms with E-state index >= 15 is 0 Å². The molecule has 0 saturated carbocycles. The molecule has 1 aliphatic heterocycles. The van der Waals surface area contributed by atoms with Crippen LogP contribution in [-0.4, -0.2) is 22.9 Å². The number of hydrogen-bond donors (Lipinski definition) is 1. The second kappa shape index (κ2) is 9.08. The van der Waals surface area contributed by atoms with Crippen molar-refractivity contribution in [2.24, 2.45) is 0 Å². The van der Waals surface area contributed by atoms with Gasteiger partial charge in [0.25, 0.3) is 11.7 Å². The van der Waals surface area contributed by atoms with Crippen molar-refractivity contribution in [3.63, 3.8) is 0 Å². The molecule has 3 aromatic carbocycles. The number of halogens is 2. The molecule has 1 atom stereocenters. The van der Waals surface area contributed by atoms with Crippen LogP contribution in [0.1, 0.15) is 31.0 Å². The highest BCUT2D eigenvalue weighted by atomic mass is 35.5. The van der Waals surface area contributed by atoms with Crippen LogP contribution < -0.4 is 9.64 Å². The number of carbonyl (C=O) groups excluding carboxylic acids is 2. The van der Waals surface area contributed by atoms with Crippen LogP contribution in [0.3, 0.4) is 0 Å². The Morgan fingerprint density at radius 3 is 2.15 bits per heavy atom. The van der Waals surface area contributed by atoms with Crippen molar-refractivity contribution in [2.75, 3.05) is 4.90 Å². The van der Waals surface area contributed by atoms with Crippen LogP contribution in [0.25, 0.3) is 5.76 Å². The van der Waals surface area contributed by atoms with Crippen LogP contribution in [0, 0.1) is 5.82 Å². The van der Waals surface area contributed by atoms with E-state index in [1.165, 1.54) is 29.2 Å².